The van der Waals surface area contributed by atoms with Crippen LogP contribution in [0.2, 0.25) is 0 Å². The summed E-state index contributed by atoms with van der Waals surface area (Å²) in [7, 11) is 0. The molecule has 1 heterocycles. The number of aliphatic imine (C=N–C) groups is 1. The molecule has 132 valence electrons. The maximum absolute atomic E-state index is 6.27. The molecule has 0 N–H and O–H groups in total. The van der Waals surface area contributed by atoms with Gasteiger partial charge in [0.1, 0.15) is 6.10 Å². The van der Waals surface area contributed by atoms with Crippen LogP contribution in [0.5, 0.6) is 0 Å². The van der Waals surface area contributed by atoms with Crippen molar-refractivity contribution >= 4 is 11.6 Å². The summed E-state index contributed by atoms with van der Waals surface area (Å²) >= 11 is 0. The summed E-state index contributed by atoms with van der Waals surface area (Å²) in [5, 5.41) is 0. The van der Waals surface area contributed by atoms with Crippen molar-refractivity contribution in [3.63, 3.8) is 0 Å². The van der Waals surface area contributed by atoms with Gasteiger partial charge in [-0.05, 0) is 35.6 Å². The second-order valence-electron chi connectivity index (χ2n) is 8.82. The molecule has 1 fully saturated rings. The van der Waals surface area contributed by atoms with E-state index in [2.05, 4.69) is 77.9 Å². The molecule has 2 aromatic carbocycles. The van der Waals surface area contributed by atoms with Crippen molar-refractivity contribution in [2.75, 3.05) is 0 Å². The van der Waals surface area contributed by atoms with Crippen molar-refractivity contribution < 1.29 is 4.74 Å². The van der Waals surface area contributed by atoms with Gasteiger partial charge in [0.25, 0.3) is 0 Å². The summed E-state index contributed by atoms with van der Waals surface area (Å²) < 4.78 is 6.27. The van der Waals surface area contributed by atoms with E-state index in [4.69, 9.17) is 9.73 Å². The van der Waals surface area contributed by atoms with Crippen LogP contribution in [-0.2, 0) is 10.2 Å². The van der Waals surface area contributed by atoms with Crippen molar-refractivity contribution in [1.82, 2.24) is 0 Å². The Balaban J connectivity index is 1.83. The lowest BCUT2D eigenvalue weighted by molar-refractivity contribution is 0.221. The second-order valence-corrected chi connectivity index (χ2v) is 8.82. The predicted octanol–water partition coefficient (Wildman–Crippen LogP) is 6.51. The third-order valence-corrected chi connectivity index (χ3v) is 4.94. The van der Waals surface area contributed by atoms with E-state index in [1.807, 2.05) is 12.1 Å². The minimum absolute atomic E-state index is 0.0573. The molecule has 2 aromatic rings. The lowest BCUT2D eigenvalue weighted by Gasteiger charge is -2.20. The summed E-state index contributed by atoms with van der Waals surface area (Å²) in [6, 6.07) is 17.1. The number of aryl methyl sites for hydroxylation is 1. The third-order valence-electron chi connectivity index (χ3n) is 4.94. The highest BCUT2D eigenvalue weighted by Crippen LogP contribution is 2.43. The fourth-order valence-electron chi connectivity index (χ4n) is 3.18. The van der Waals surface area contributed by atoms with Crippen LogP contribution < -0.4 is 0 Å². The minimum atomic E-state index is -0.0573. The number of hydrogen-bond donors (Lipinski definition) is 0. The molecule has 0 saturated carbocycles. The van der Waals surface area contributed by atoms with Crippen LogP contribution in [-0.4, -0.2) is 5.90 Å². The van der Waals surface area contributed by atoms with Gasteiger partial charge in [0.05, 0.1) is 5.69 Å². The molecule has 3 rings (SSSR count). The van der Waals surface area contributed by atoms with Gasteiger partial charge >= 0.3 is 0 Å². The molecule has 1 saturated heterocycles. The van der Waals surface area contributed by atoms with Crippen LogP contribution in [0.3, 0.4) is 0 Å². The lowest BCUT2D eigenvalue weighted by atomic mass is 9.84. The van der Waals surface area contributed by atoms with Crippen LogP contribution in [0, 0.1) is 12.3 Å². The molecule has 1 unspecified atom stereocenters. The van der Waals surface area contributed by atoms with Gasteiger partial charge in [0.15, 0.2) is 5.90 Å². The van der Waals surface area contributed by atoms with E-state index < -0.39 is 0 Å². The largest absolute Gasteiger partial charge is 0.472 e. The fraction of sp³-hybridized carbons (Fsp3) is 0.435. The summed E-state index contributed by atoms with van der Waals surface area (Å²) in [6.07, 6.45) is 1.03. The van der Waals surface area contributed by atoms with Gasteiger partial charge in [-0.3, -0.25) is 0 Å². The molecule has 1 aliphatic heterocycles. The van der Waals surface area contributed by atoms with E-state index >= 15 is 0 Å². The van der Waals surface area contributed by atoms with Crippen LogP contribution in [0.15, 0.2) is 53.5 Å². The predicted molar refractivity (Wildman–Crippen MR) is 106 cm³/mol. The Bertz CT molecular complexity index is 761. The van der Waals surface area contributed by atoms with Crippen molar-refractivity contribution in [3.8, 4) is 0 Å². The van der Waals surface area contributed by atoms with Gasteiger partial charge in [-0.1, -0.05) is 76.6 Å². The highest BCUT2D eigenvalue weighted by atomic mass is 16.5. The lowest BCUT2D eigenvalue weighted by Crippen LogP contribution is -2.17. The maximum atomic E-state index is 6.27. The molecular formula is C23H29NO. The number of ether oxygens (including phenoxy) is 1. The van der Waals surface area contributed by atoms with E-state index in [0.717, 1.165) is 18.0 Å². The molecule has 0 radical (unpaired) electrons. The zero-order valence-electron chi connectivity index (χ0n) is 16.3. The summed E-state index contributed by atoms with van der Waals surface area (Å²) in [6.45, 7) is 13.2. The summed E-state index contributed by atoms with van der Waals surface area (Å²) in [4.78, 5) is 4.78. The number of hydrogen-bond acceptors (Lipinski definition) is 2. The Hall–Kier alpha value is -2.09. The van der Waals surface area contributed by atoms with E-state index in [1.165, 1.54) is 16.7 Å². The maximum Gasteiger partial charge on any atom is 0.195 e. The molecule has 0 amide bonds. The normalized spacial score (nSPS) is 21.4. The van der Waals surface area contributed by atoms with Gasteiger partial charge in [0, 0.05) is 11.8 Å². The fourth-order valence-corrected chi connectivity index (χ4v) is 3.18. The second kappa shape index (κ2) is 6.33. The van der Waals surface area contributed by atoms with Gasteiger partial charge in [-0.25, -0.2) is 4.99 Å². The monoisotopic (exact) mass is 335 g/mol. The molecule has 0 aromatic heterocycles. The zero-order valence-corrected chi connectivity index (χ0v) is 16.3. The van der Waals surface area contributed by atoms with Gasteiger partial charge < -0.3 is 4.74 Å². The van der Waals surface area contributed by atoms with Crippen molar-refractivity contribution in [1.29, 1.82) is 0 Å². The highest BCUT2D eigenvalue weighted by molar-refractivity contribution is 5.86. The average molecular weight is 335 g/mol. The first-order valence-electron chi connectivity index (χ1n) is 9.08. The van der Waals surface area contributed by atoms with Gasteiger partial charge in [-0.2, -0.15) is 0 Å². The number of rotatable bonds is 2. The van der Waals surface area contributed by atoms with Crippen LogP contribution >= 0.6 is 0 Å². The Morgan fingerprint density at radius 2 is 1.56 bits per heavy atom. The number of nitrogens with zero attached hydrogens (tertiary/aromatic N) is 1. The summed E-state index contributed by atoms with van der Waals surface area (Å²) in [5.74, 6) is 0.834. The Labute approximate surface area is 152 Å². The van der Waals surface area contributed by atoms with Crippen LogP contribution in [0.1, 0.15) is 63.8 Å². The molecule has 2 nitrogen and oxygen atoms in total. The molecule has 2 heteroatoms. The van der Waals surface area contributed by atoms with Crippen molar-refractivity contribution in [2.45, 2.75) is 59.5 Å². The topological polar surface area (TPSA) is 21.6 Å². The standard InChI is InChI=1S/C23H29NO/c1-16-7-13-19(14-8-16)24-21-23(5,6)15-20(25-21)17-9-11-18(12-10-17)22(2,3)4/h7-14,20H,15H2,1-6H3. The molecule has 0 aliphatic carbocycles. The van der Waals surface area contributed by atoms with Gasteiger partial charge in [-0.15, -0.1) is 0 Å². The van der Waals surface area contributed by atoms with E-state index in [9.17, 15) is 0 Å². The van der Waals surface area contributed by atoms with E-state index in [1.54, 1.807) is 0 Å². The number of benzene rings is 2. The minimum Gasteiger partial charge on any atom is -0.472 e. The summed E-state index contributed by atoms with van der Waals surface area (Å²) in [5.41, 5.74) is 4.90. The van der Waals surface area contributed by atoms with Crippen LogP contribution in [0.25, 0.3) is 0 Å². The first-order valence-corrected chi connectivity index (χ1v) is 9.08. The molecule has 1 atom stereocenters. The third kappa shape index (κ3) is 3.95. The van der Waals surface area contributed by atoms with E-state index in [-0.39, 0.29) is 16.9 Å². The van der Waals surface area contributed by atoms with Crippen molar-refractivity contribution in [2.24, 2.45) is 10.4 Å². The van der Waals surface area contributed by atoms with Crippen molar-refractivity contribution in [3.05, 3.63) is 65.2 Å². The first-order chi connectivity index (χ1) is 11.6. The Morgan fingerprint density at radius 1 is 0.960 bits per heavy atom. The molecule has 25 heavy (non-hydrogen) atoms. The quantitative estimate of drug-likeness (QED) is 0.613. The average Bonchev–Trinajstić information content (AvgIpc) is 2.84. The smallest absolute Gasteiger partial charge is 0.195 e. The SMILES string of the molecule is Cc1ccc(N=C2OC(c3ccc(C(C)(C)C)cc3)CC2(C)C)cc1. The molecule has 1 aliphatic rings. The molecule has 0 spiro atoms. The van der Waals surface area contributed by atoms with Crippen LogP contribution in [0.4, 0.5) is 5.69 Å². The highest BCUT2D eigenvalue weighted by Gasteiger charge is 2.40. The molecule has 0 bridgehead atoms. The first kappa shape index (κ1) is 17.7. The Kier molecular flexibility index (Phi) is 4.49. The molecular weight excluding hydrogens is 306 g/mol. The zero-order chi connectivity index (χ0) is 18.2. The Morgan fingerprint density at radius 3 is 2.12 bits per heavy atom. The van der Waals surface area contributed by atoms with E-state index in [0.29, 0.717) is 0 Å². The van der Waals surface area contributed by atoms with Gasteiger partial charge in [0.2, 0.25) is 0 Å².